The van der Waals surface area contributed by atoms with Crippen LogP contribution in [0.3, 0.4) is 0 Å². The molecule has 9 heteroatoms. The number of halogens is 3. The number of carbonyl (C=O) groups excluding carboxylic acids is 1. The van der Waals surface area contributed by atoms with E-state index < -0.39 is 17.8 Å². The van der Waals surface area contributed by atoms with Crippen molar-refractivity contribution in [1.82, 2.24) is 9.97 Å². The van der Waals surface area contributed by atoms with Crippen molar-refractivity contribution in [3.63, 3.8) is 0 Å². The number of aromatic nitrogens is 2. The molecule has 0 atom stereocenters. The second-order valence-electron chi connectivity index (χ2n) is 3.83. The maximum atomic E-state index is 12.5. The first-order valence-electron chi connectivity index (χ1n) is 5.94. The number of hydrogen-bond donors (Lipinski definition) is 2. The standard InChI is InChI=1S/C11H15F3N4O2/c1-2-20-9(19)4-3-5-16-8-6-7(11(12,13)14)17-10(15)18-8/h6H,2-5H2,1H3,(H3,15,16,17,18). The van der Waals surface area contributed by atoms with Gasteiger partial charge in [0.1, 0.15) is 5.82 Å². The molecule has 1 heterocycles. The lowest BCUT2D eigenvalue weighted by atomic mass is 10.3. The van der Waals surface area contributed by atoms with Gasteiger partial charge in [-0.15, -0.1) is 0 Å². The smallest absolute Gasteiger partial charge is 0.433 e. The highest BCUT2D eigenvalue weighted by atomic mass is 19.4. The fourth-order valence-electron chi connectivity index (χ4n) is 1.38. The molecule has 0 unspecified atom stereocenters. The number of nitrogens with zero attached hydrogens (tertiary/aromatic N) is 2. The Morgan fingerprint density at radius 1 is 1.45 bits per heavy atom. The summed E-state index contributed by atoms with van der Waals surface area (Å²) in [4.78, 5) is 17.8. The molecular formula is C11H15F3N4O2. The van der Waals surface area contributed by atoms with Crippen LogP contribution in [0.4, 0.5) is 24.9 Å². The summed E-state index contributed by atoms with van der Waals surface area (Å²) < 4.78 is 42.2. The Bertz CT molecular complexity index is 465. The van der Waals surface area contributed by atoms with Gasteiger partial charge >= 0.3 is 12.1 Å². The molecule has 1 aromatic heterocycles. The van der Waals surface area contributed by atoms with Gasteiger partial charge < -0.3 is 15.8 Å². The molecule has 0 aliphatic carbocycles. The maximum absolute atomic E-state index is 12.5. The Balaban J connectivity index is 2.52. The number of esters is 1. The highest BCUT2D eigenvalue weighted by Gasteiger charge is 2.33. The minimum Gasteiger partial charge on any atom is -0.466 e. The summed E-state index contributed by atoms with van der Waals surface area (Å²) in [5.41, 5.74) is 4.10. The van der Waals surface area contributed by atoms with Crippen LogP contribution in [-0.2, 0) is 15.7 Å². The summed E-state index contributed by atoms with van der Waals surface area (Å²) in [6.07, 6.45) is -4.00. The SMILES string of the molecule is CCOC(=O)CCCNc1cc(C(F)(F)F)nc(N)n1. The topological polar surface area (TPSA) is 90.1 Å². The second kappa shape index (κ2) is 6.92. The van der Waals surface area contributed by atoms with Gasteiger partial charge in [-0.1, -0.05) is 0 Å². The number of alkyl halides is 3. The van der Waals surface area contributed by atoms with Crippen LogP contribution < -0.4 is 11.1 Å². The van der Waals surface area contributed by atoms with Gasteiger partial charge in [0, 0.05) is 19.0 Å². The van der Waals surface area contributed by atoms with E-state index in [2.05, 4.69) is 15.3 Å². The largest absolute Gasteiger partial charge is 0.466 e. The lowest BCUT2D eigenvalue weighted by Gasteiger charge is -2.10. The van der Waals surface area contributed by atoms with E-state index in [-0.39, 0.29) is 24.8 Å². The molecule has 0 radical (unpaired) electrons. The summed E-state index contributed by atoms with van der Waals surface area (Å²) in [7, 11) is 0. The summed E-state index contributed by atoms with van der Waals surface area (Å²) in [5.74, 6) is -0.853. The summed E-state index contributed by atoms with van der Waals surface area (Å²) in [6.45, 7) is 2.26. The molecule has 1 aromatic rings. The fourth-order valence-corrected chi connectivity index (χ4v) is 1.38. The predicted molar refractivity (Wildman–Crippen MR) is 65.8 cm³/mol. The van der Waals surface area contributed by atoms with Gasteiger partial charge in [-0.05, 0) is 13.3 Å². The van der Waals surface area contributed by atoms with E-state index in [9.17, 15) is 18.0 Å². The number of carbonyl (C=O) groups is 1. The number of hydrogen-bond acceptors (Lipinski definition) is 6. The van der Waals surface area contributed by atoms with Crippen molar-refractivity contribution in [1.29, 1.82) is 0 Å². The van der Waals surface area contributed by atoms with Crippen molar-refractivity contribution in [3.8, 4) is 0 Å². The van der Waals surface area contributed by atoms with Crippen LogP contribution in [0, 0.1) is 0 Å². The number of ether oxygens (including phenoxy) is 1. The lowest BCUT2D eigenvalue weighted by Crippen LogP contribution is -2.14. The molecule has 0 saturated heterocycles. The van der Waals surface area contributed by atoms with Gasteiger partial charge in [-0.2, -0.15) is 18.2 Å². The van der Waals surface area contributed by atoms with Crippen molar-refractivity contribution >= 4 is 17.7 Å². The van der Waals surface area contributed by atoms with E-state index in [0.29, 0.717) is 13.0 Å². The summed E-state index contributed by atoms with van der Waals surface area (Å²) in [5, 5.41) is 2.66. The predicted octanol–water partition coefficient (Wildman–Crippen LogP) is 1.83. The van der Waals surface area contributed by atoms with E-state index in [1.165, 1.54) is 0 Å². The van der Waals surface area contributed by atoms with E-state index in [1.807, 2.05) is 0 Å². The highest BCUT2D eigenvalue weighted by Crippen LogP contribution is 2.29. The van der Waals surface area contributed by atoms with Gasteiger partial charge in [0.2, 0.25) is 5.95 Å². The zero-order valence-electron chi connectivity index (χ0n) is 10.8. The van der Waals surface area contributed by atoms with Crippen LogP contribution in [0.25, 0.3) is 0 Å². The molecule has 20 heavy (non-hydrogen) atoms. The molecule has 0 fully saturated rings. The Morgan fingerprint density at radius 3 is 2.75 bits per heavy atom. The van der Waals surface area contributed by atoms with E-state index >= 15 is 0 Å². The third-order valence-corrected chi connectivity index (χ3v) is 2.20. The third-order valence-electron chi connectivity index (χ3n) is 2.20. The number of anilines is 2. The monoisotopic (exact) mass is 292 g/mol. The van der Waals surface area contributed by atoms with Crippen LogP contribution in [0.15, 0.2) is 6.07 Å². The quantitative estimate of drug-likeness (QED) is 0.614. The first-order valence-corrected chi connectivity index (χ1v) is 5.94. The molecule has 0 aromatic carbocycles. The average molecular weight is 292 g/mol. The number of nitrogens with one attached hydrogen (secondary N) is 1. The molecule has 112 valence electrons. The minimum absolute atomic E-state index is 0.0336. The van der Waals surface area contributed by atoms with Gasteiger partial charge in [0.05, 0.1) is 6.61 Å². The molecule has 0 bridgehead atoms. The van der Waals surface area contributed by atoms with Crippen LogP contribution in [0.5, 0.6) is 0 Å². The Kier molecular flexibility index (Phi) is 5.53. The minimum atomic E-state index is -4.58. The summed E-state index contributed by atoms with van der Waals surface area (Å²) >= 11 is 0. The van der Waals surface area contributed by atoms with Gasteiger partial charge in [-0.25, -0.2) is 4.98 Å². The molecule has 6 nitrogen and oxygen atoms in total. The van der Waals surface area contributed by atoms with Gasteiger partial charge in [-0.3, -0.25) is 4.79 Å². The fraction of sp³-hybridized carbons (Fsp3) is 0.545. The molecule has 1 rings (SSSR count). The van der Waals surface area contributed by atoms with Crippen LogP contribution in [-0.4, -0.2) is 29.1 Å². The highest BCUT2D eigenvalue weighted by molar-refractivity contribution is 5.69. The van der Waals surface area contributed by atoms with Crippen molar-refractivity contribution in [2.45, 2.75) is 25.9 Å². The summed E-state index contributed by atoms with van der Waals surface area (Å²) in [6, 6.07) is 0.765. The molecule has 0 aliphatic rings. The van der Waals surface area contributed by atoms with E-state index in [4.69, 9.17) is 10.5 Å². The van der Waals surface area contributed by atoms with Crippen LogP contribution in [0.2, 0.25) is 0 Å². The first-order chi connectivity index (χ1) is 9.32. The first kappa shape index (κ1) is 16.0. The lowest BCUT2D eigenvalue weighted by molar-refractivity contribution is -0.143. The molecule has 3 N–H and O–H groups in total. The molecule has 0 amide bonds. The van der Waals surface area contributed by atoms with Crippen molar-refractivity contribution in [3.05, 3.63) is 11.8 Å². The molecule has 0 aliphatic heterocycles. The molecule has 0 saturated carbocycles. The Morgan fingerprint density at radius 2 is 2.15 bits per heavy atom. The second-order valence-corrected chi connectivity index (χ2v) is 3.83. The van der Waals surface area contributed by atoms with Crippen molar-refractivity contribution in [2.24, 2.45) is 0 Å². The van der Waals surface area contributed by atoms with Crippen molar-refractivity contribution < 1.29 is 22.7 Å². The van der Waals surface area contributed by atoms with Crippen LogP contribution in [0.1, 0.15) is 25.5 Å². The van der Waals surface area contributed by atoms with Crippen LogP contribution >= 0.6 is 0 Å². The Hall–Kier alpha value is -2.06. The number of nitrogens with two attached hydrogens (primary N) is 1. The maximum Gasteiger partial charge on any atom is 0.433 e. The average Bonchev–Trinajstić information content (AvgIpc) is 2.33. The zero-order chi connectivity index (χ0) is 15.2. The van der Waals surface area contributed by atoms with E-state index in [1.54, 1.807) is 6.92 Å². The number of nitrogen functional groups attached to an aromatic ring is 1. The van der Waals surface area contributed by atoms with E-state index in [0.717, 1.165) is 6.07 Å². The normalized spacial score (nSPS) is 11.2. The zero-order valence-corrected chi connectivity index (χ0v) is 10.8. The third kappa shape index (κ3) is 5.29. The molecule has 0 spiro atoms. The number of rotatable bonds is 6. The Labute approximate surface area is 113 Å². The van der Waals surface area contributed by atoms with Gasteiger partial charge in [0.25, 0.3) is 0 Å². The van der Waals surface area contributed by atoms with Crippen molar-refractivity contribution in [2.75, 3.05) is 24.2 Å². The van der Waals surface area contributed by atoms with Gasteiger partial charge in [0.15, 0.2) is 5.69 Å². The molecular weight excluding hydrogens is 277 g/mol.